The van der Waals surface area contributed by atoms with Crippen LogP contribution >= 0.6 is 0 Å². The van der Waals surface area contributed by atoms with Crippen LogP contribution in [0.2, 0.25) is 0 Å². The lowest BCUT2D eigenvalue weighted by Gasteiger charge is -2.34. The summed E-state index contributed by atoms with van der Waals surface area (Å²) in [4.78, 5) is 44.4. The van der Waals surface area contributed by atoms with Gasteiger partial charge >= 0.3 is 11.8 Å². The third-order valence-electron chi connectivity index (χ3n) is 4.33. The summed E-state index contributed by atoms with van der Waals surface area (Å²) in [6, 6.07) is 9.20. The quantitative estimate of drug-likeness (QED) is 0.817. The molecule has 0 radical (unpaired) electrons. The summed E-state index contributed by atoms with van der Waals surface area (Å²) >= 11 is 0. The summed E-state index contributed by atoms with van der Waals surface area (Å²) in [7, 11) is 0. The molecule has 7 heteroatoms. The number of hydrogen-bond acceptors (Lipinski definition) is 4. The number of rotatable bonds is 2. The van der Waals surface area contributed by atoms with Crippen molar-refractivity contribution < 1.29 is 14.4 Å². The molecule has 1 saturated heterocycles. The number of fused-ring (bicyclic) bond motifs is 1. The van der Waals surface area contributed by atoms with Gasteiger partial charge in [0.2, 0.25) is 0 Å². The van der Waals surface area contributed by atoms with Crippen LogP contribution in [0.5, 0.6) is 0 Å². The topological polar surface area (TPSA) is 82.6 Å². The van der Waals surface area contributed by atoms with Crippen LogP contribution in [0.1, 0.15) is 24.2 Å². The fraction of sp³-hybridized carbons (Fsp3) is 0.368. The Kier molecular flexibility index (Phi) is 5.16. The zero-order chi connectivity index (χ0) is 18.7. The summed E-state index contributed by atoms with van der Waals surface area (Å²) in [5.41, 5.74) is 1.23. The van der Waals surface area contributed by atoms with Gasteiger partial charge in [0.05, 0.1) is 11.1 Å². The highest BCUT2D eigenvalue weighted by molar-refractivity contribution is 6.35. The maximum atomic E-state index is 12.9. The second-order valence-electron chi connectivity index (χ2n) is 6.59. The number of carbonyl (C=O) groups is 3. The number of amides is 3. The van der Waals surface area contributed by atoms with Crippen molar-refractivity contribution in [2.45, 2.75) is 19.9 Å². The number of hydrogen-bond donors (Lipinski definition) is 1. The average molecular weight is 354 g/mol. The molecular formula is C19H22N4O3. The van der Waals surface area contributed by atoms with Crippen molar-refractivity contribution in [3.63, 3.8) is 0 Å². The molecule has 2 heterocycles. The lowest BCUT2D eigenvalue weighted by Crippen LogP contribution is -2.54. The van der Waals surface area contributed by atoms with Gasteiger partial charge in [0.25, 0.3) is 5.91 Å². The van der Waals surface area contributed by atoms with Gasteiger partial charge in [-0.15, -0.1) is 0 Å². The molecule has 0 atom stereocenters. The number of pyridine rings is 1. The zero-order valence-electron chi connectivity index (χ0n) is 14.9. The van der Waals surface area contributed by atoms with Gasteiger partial charge in [-0.1, -0.05) is 18.2 Å². The normalized spacial score (nSPS) is 14.6. The van der Waals surface area contributed by atoms with E-state index in [4.69, 9.17) is 0 Å². The minimum absolute atomic E-state index is 0.0896. The first kappa shape index (κ1) is 17.8. The van der Waals surface area contributed by atoms with Gasteiger partial charge in [0, 0.05) is 43.8 Å². The van der Waals surface area contributed by atoms with Gasteiger partial charge in [-0.2, -0.15) is 0 Å². The van der Waals surface area contributed by atoms with E-state index in [0.29, 0.717) is 37.3 Å². The molecule has 0 unspecified atom stereocenters. The summed E-state index contributed by atoms with van der Waals surface area (Å²) in [5.74, 6) is -1.25. The molecule has 7 nitrogen and oxygen atoms in total. The highest BCUT2D eigenvalue weighted by Gasteiger charge is 2.29. The van der Waals surface area contributed by atoms with Crippen molar-refractivity contribution in [1.29, 1.82) is 0 Å². The molecule has 1 aromatic carbocycles. The Morgan fingerprint density at radius 2 is 1.65 bits per heavy atom. The Morgan fingerprint density at radius 1 is 1.00 bits per heavy atom. The molecule has 1 fully saturated rings. The highest BCUT2D eigenvalue weighted by atomic mass is 16.2. The third kappa shape index (κ3) is 3.66. The first-order chi connectivity index (χ1) is 12.5. The molecule has 136 valence electrons. The molecule has 0 spiro atoms. The standard InChI is InChI=1S/C19H22N4O3/c1-13(2)21-17(24)19(26)23-11-9-22(10-12-23)18(25)15-7-3-5-14-6-4-8-20-16(14)15/h3-8,13H,9-12H2,1-2H3,(H,21,24). The molecule has 0 saturated carbocycles. The van der Waals surface area contributed by atoms with Gasteiger partial charge in [0.15, 0.2) is 0 Å². The molecule has 3 rings (SSSR count). The number of carbonyl (C=O) groups excluding carboxylic acids is 3. The van der Waals surface area contributed by atoms with E-state index in [1.807, 2.05) is 24.3 Å². The minimum Gasteiger partial charge on any atom is -0.346 e. The monoisotopic (exact) mass is 354 g/mol. The molecule has 1 aliphatic heterocycles. The summed E-state index contributed by atoms with van der Waals surface area (Å²) < 4.78 is 0. The maximum absolute atomic E-state index is 12.9. The van der Waals surface area contributed by atoms with E-state index in [-0.39, 0.29) is 11.9 Å². The molecule has 1 aromatic heterocycles. The van der Waals surface area contributed by atoms with Crippen LogP contribution in [0.15, 0.2) is 36.5 Å². The van der Waals surface area contributed by atoms with Gasteiger partial charge in [-0.05, 0) is 26.0 Å². The number of nitrogens with one attached hydrogen (secondary N) is 1. The van der Waals surface area contributed by atoms with Crippen molar-refractivity contribution >= 4 is 28.6 Å². The van der Waals surface area contributed by atoms with E-state index in [2.05, 4.69) is 10.3 Å². The van der Waals surface area contributed by atoms with E-state index >= 15 is 0 Å². The predicted molar refractivity (Wildman–Crippen MR) is 97.5 cm³/mol. The van der Waals surface area contributed by atoms with Crippen LogP contribution in [0.3, 0.4) is 0 Å². The van der Waals surface area contributed by atoms with E-state index in [0.717, 1.165) is 5.39 Å². The number of para-hydroxylation sites is 1. The summed E-state index contributed by atoms with van der Waals surface area (Å²) in [5, 5.41) is 3.52. The second-order valence-corrected chi connectivity index (χ2v) is 6.59. The van der Waals surface area contributed by atoms with Crippen molar-refractivity contribution in [3.8, 4) is 0 Å². The molecular weight excluding hydrogens is 332 g/mol. The van der Waals surface area contributed by atoms with Gasteiger partial charge < -0.3 is 15.1 Å². The average Bonchev–Trinajstić information content (AvgIpc) is 2.66. The fourth-order valence-electron chi connectivity index (χ4n) is 3.03. The largest absolute Gasteiger partial charge is 0.346 e. The van der Waals surface area contributed by atoms with Crippen molar-refractivity contribution in [1.82, 2.24) is 20.1 Å². The van der Waals surface area contributed by atoms with Gasteiger partial charge in [0.1, 0.15) is 0 Å². The zero-order valence-corrected chi connectivity index (χ0v) is 14.9. The van der Waals surface area contributed by atoms with E-state index in [1.165, 1.54) is 4.90 Å². The second kappa shape index (κ2) is 7.51. The molecule has 1 aliphatic rings. The summed E-state index contributed by atoms with van der Waals surface area (Å²) in [6.45, 7) is 5.08. The minimum atomic E-state index is -0.599. The van der Waals surface area contributed by atoms with Crippen molar-refractivity contribution in [3.05, 3.63) is 42.1 Å². The van der Waals surface area contributed by atoms with Crippen molar-refractivity contribution in [2.24, 2.45) is 0 Å². The Hall–Kier alpha value is -2.96. The van der Waals surface area contributed by atoms with Crippen LogP contribution in [0.25, 0.3) is 10.9 Å². The van der Waals surface area contributed by atoms with Crippen LogP contribution in [0, 0.1) is 0 Å². The van der Waals surface area contributed by atoms with Crippen molar-refractivity contribution in [2.75, 3.05) is 26.2 Å². The van der Waals surface area contributed by atoms with Gasteiger partial charge in [-0.25, -0.2) is 0 Å². The Labute approximate surface area is 152 Å². The third-order valence-corrected chi connectivity index (χ3v) is 4.33. The molecule has 0 aliphatic carbocycles. The molecule has 26 heavy (non-hydrogen) atoms. The lowest BCUT2D eigenvalue weighted by molar-refractivity contribution is -0.147. The van der Waals surface area contributed by atoms with Crippen LogP contribution in [-0.2, 0) is 9.59 Å². The maximum Gasteiger partial charge on any atom is 0.312 e. The Bertz CT molecular complexity index is 836. The molecule has 3 amide bonds. The molecule has 1 N–H and O–H groups in total. The SMILES string of the molecule is CC(C)NC(=O)C(=O)N1CCN(C(=O)c2cccc3cccnc23)CC1. The van der Waals surface area contributed by atoms with Crippen LogP contribution in [0.4, 0.5) is 0 Å². The van der Waals surface area contributed by atoms with E-state index in [1.54, 1.807) is 31.0 Å². The Balaban J connectivity index is 1.67. The van der Waals surface area contributed by atoms with E-state index < -0.39 is 11.8 Å². The van der Waals surface area contributed by atoms with Crippen LogP contribution in [-0.4, -0.2) is 64.7 Å². The summed E-state index contributed by atoms with van der Waals surface area (Å²) in [6.07, 6.45) is 1.67. The first-order valence-electron chi connectivity index (χ1n) is 8.70. The fourth-order valence-corrected chi connectivity index (χ4v) is 3.03. The smallest absolute Gasteiger partial charge is 0.312 e. The van der Waals surface area contributed by atoms with Crippen LogP contribution < -0.4 is 5.32 Å². The Morgan fingerprint density at radius 3 is 2.35 bits per heavy atom. The molecule has 2 aromatic rings. The molecule has 0 bridgehead atoms. The number of piperazine rings is 1. The van der Waals surface area contributed by atoms with E-state index in [9.17, 15) is 14.4 Å². The highest BCUT2D eigenvalue weighted by Crippen LogP contribution is 2.18. The number of nitrogens with zero attached hydrogens (tertiary/aromatic N) is 3. The number of benzene rings is 1. The first-order valence-corrected chi connectivity index (χ1v) is 8.70. The van der Waals surface area contributed by atoms with Gasteiger partial charge in [-0.3, -0.25) is 19.4 Å². The predicted octanol–water partition coefficient (Wildman–Crippen LogP) is 1.04. The lowest BCUT2D eigenvalue weighted by atomic mass is 10.1. The number of aromatic nitrogens is 1.